The SMILES string of the molecule is O=C(Cc1ccc(C(=O)O)cc1)NCC1(c2ccc(Cl)cc2)CCOCC1. The van der Waals surface area contributed by atoms with Crippen molar-refractivity contribution in [3.05, 3.63) is 70.2 Å². The molecular weight excluding hydrogens is 366 g/mol. The highest BCUT2D eigenvalue weighted by Gasteiger charge is 2.34. The fourth-order valence-electron chi connectivity index (χ4n) is 3.41. The quantitative estimate of drug-likeness (QED) is 0.796. The summed E-state index contributed by atoms with van der Waals surface area (Å²) in [6.07, 6.45) is 1.89. The van der Waals surface area contributed by atoms with Gasteiger partial charge in [-0.2, -0.15) is 0 Å². The highest BCUT2D eigenvalue weighted by Crippen LogP contribution is 2.34. The molecule has 5 nitrogen and oxygen atoms in total. The van der Waals surface area contributed by atoms with Gasteiger partial charge >= 0.3 is 5.97 Å². The summed E-state index contributed by atoms with van der Waals surface area (Å²) in [6.45, 7) is 1.86. The van der Waals surface area contributed by atoms with E-state index in [1.54, 1.807) is 12.1 Å². The van der Waals surface area contributed by atoms with Crippen LogP contribution < -0.4 is 5.32 Å². The Hall–Kier alpha value is -2.37. The number of nitrogens with one attached hydrogen (secondary N) is 1. The van der Waals surface area contributed by atoms with Crippen molar-refractivity contribution in [1.82, 2.24) is 5.32 Å². The summed E-state index contributed by atoms with van der Waals surface area (Å²) in [6, 6.07) is 14.2. The number of carboxylic acid groups (broad SMARTS) is 1. The Labute approximate surface area is 163 Å². The number of hydrogen-bond donors (Lipinski definition) is 2. The van der Waals surface area contributed by atoms with E-state index in [2.05, 4.69) is 5.32 Å². The Morgan fingerprint density at radius 2 is 1.67 bits per heavy atom. The van der Waals surface area contributed by atoms with Crippen LogP contribution in [0, 0.1) is 0 Å². The van der Waals surface area contributed by atoms with Crippen molar-refractivity contribution in [3.63, 3.8) is 0 Å². The van der Waals surface area contributed by atoms with E-state index in [9.17, 15) is 9.59 Å². The van der Waals surface area contributed by atoms with Gasteiger partial charge < -0.3 is 15.2 Å². The van der Waals surface area contributed by atoms with Crippen molar-refractivity contribution in [3.8, 4) is 0 Å². The van der Waals surface area contributed by atoms with Crippen LogP contribution in [0.15, 0.2) is 48.5 Å². The second-order valence-corrected chi connectivity index (χ2v) is 7.29. The average molecular weight is 388 g/mol. The summed E-state index contributed by atoms with van der Waals surface area (Å²) in [5, 5.41) is 12.7. The molecule has 0 aliphatic carbocycles. The first-order chi connectivity index (χ1) is 13.0. The maximum Gasteiger partial charge on any atom is 0.335 e. The average Bonchev–Trinajstić information content (AvgIpc) is 2.68. The Kier molecular flexibility index (Phi) is 6.14. The zero-order valence-electron chi connectivity index (χ0n) is 14.9. The predicted octanol–water partition coefficient (Wildman–Crippen LogP) is 3.45. The largest absolute Gasteiger partial charge is 0.478 e. The first-order valence-electron chi connectivity index (χ1n) is 8.91. The van der Waals surface area contributed by atoms with Gasteiger partial charge in [-0.25, -0.2) is 4.79 Å². The fourth-order valence-corrected chi connectivity index (χ4v) is 3.54. The minimum Gasteiger partial charge on any atom is -0.478 e. The van der Waals surface area contributed by atoms with Crippen LogP contribution in [0.3, 0.4) is 0 Å². The summed E-state index contributed by atoms with van der Waals surface area (Å²) in [5.74, 6) is -1.06. The van der Waals surface area contributed by atoms with Crippen LogP contribution in [0.2, 0.25) is 5.02 Å². The molecule has 2 N–H and O–H groups in total. The standard InChI is InChI=1S/C21H22ClNO4/c22-18-7-5-17(6-8-18)21(9-11-27-12-10-21)14-23-19(24)13-15-1-3-16(4-2-15)20(25)26/h1-8H,9-14H2,(H,23,24)(H,25,26). The van der Waals surface area contributed by atoms with Crippen LogP contribution in [0.5, 0.6) is 0 Å². The lowest BCUT2D eigenvalue weighted by molar-refractivity contribution is -0.121. The van der Waals surface area contributed by atoms with Crippen molar-refractivity contribution in [2.75, 3.05) is 19.8 Å². The van der Waals surface area contributed by atoms with Gasteiger partial charge in [0.15, 0.2) is 0 Å². The molecule has 1 aliphatic heterocycles. The Morgan fingerprint density at radius 1 is 1.04 bits per heavy atom. The first kappa shape index (κ1) is 19.4. The summed E-state index contributed by atoms with van der Waals surface area (Å²) >= 11 is 6.01. The number of carbonyl (C=O) groups is 2. The zero-order chi connectivity index (χ0) is 19.3. The topological polar surface area (TPSA) is 75.6 Å². The highest BCUT2D eigenvalue weighted by molar-refractivity contribution is 6.30. The molecule has 27 heavy (non-hydrogen) atoms. The Bertz CT molecular complexity index is 796. The van der Waals surface area contributed by atoms with Crippen LogP contribution in [0.4, 0.5) is 0 Å². The second kappa shape index (κ2) is 8.55. The molecule has 1 saturated heterocycles. The van der Waals surface area contributed by atoms with E-state index in [4.69, 9.17) is 21.4 Å². The number of carboxylic acids is 1. The second-order valence-electron chi connectivity index (χ2n) is 6.86. The first-order valence-corrected chi connectivity index (χ1v) is 9.29. The van der Waals surface area contributed by atoms with Crippen LogP contribution in [-0.2, 0) is 21.4 Å². The van der Waals surface area contributed by atoms with Gasteiger partial charge in [-0.15, -0.1) is 0 Å². The summed E-state index contributed by atoms with van der Waals surface area (Å²) in [7, 11) is 0. The van der Waals surface area contributed by atoms with Crippen LogP contribution in [-0.4, -0.2) is 36.7 Å². The van der Waals surface area contributed by atoms with Gasteiger partial charge in [0.2, 0.25) is 5.91 Å². The molecule has 2 aromatic carbocycles. The number of hydrogen-bond acceptors (Lipinski definition) is 3. The van der Waals surface area contributed by atoms with Gasteiger partial charge in [-0.05, 0) is 48.2 Å². The summed E-state index contributed by atoms with van der Waals surface area (Å²) < 4.78 is 5.52. The number of benzene rings is 2. The maximum absolute atomic E-state index is 12.4. The van der Waals surface area contributed by atoms with Gasteiger partial charge in [0.1, 0.15) is 0 Å². The zero-order valence-corrected chi connectivity index (χ0v) is 15.7. The van der Waals surface area contributed by atoms with Gasteiger partial charge in [0, 0.05) is 30.2 Å². The lowest BCUT2D eigenvalue weighted by Gasteiger charge is -2.38. The number of halogens is 1. The van der Waals surface area contributed by atoms with E-state index in [1.165, 1.54) is 12.1 Å². The van der Waals surface area contributed by atoms with Crippen molar-refractivity contribution in [2.24, 2.45) is 0 Å². The molecule has 1 heterocycles. The molecule has 6 heteroatoms. The molecule has 0 atom stereocenters. The summed E-state index contributed by atoms with van der Waals surface area (Å²) in [4.78, 5) is 23.3. The molecule has 0 saturated carbocycles. The van der Waals surface area contributed by atoms with E-state index >= 15 is 0 Å². The monoisotopic (exact) mass is 387 g/mol. The Morgan fingerprint density at radius 3 is 2.26 bits per heavy atom. The van der Waals surface area contributed by atoms with Gasteiger partial charge in [-0.1, -0.05) is 35.9 Å². The molecule has 0 radical (unpaired) electrons. The molecule has 2 aromatic rings. The minimum absolute atomic E-state index is 0.0853. The highest BCUT2D eigenvalue weighted by atomic mass is 35.5. The van der Waals surface area contributed by atoms with Crippen LogP contribution >= 0.6 is 11.6 Å². The van der Waals surface area contributed by atoms with Crippen LogP contribution in [0.1, 0.15) is 34.3 Å². The van der Waals surface area contributed by atoms with Crippen molar-refractivity contribution >= 4 is 23.5 Å². The van der Waals surface area contributed by atoms with E-state index in [0.717, 1.165) is 24.0 Å². The molecular formula is C21H22ClNO4. The maximum atomic E-state index is 12.4. The number of carbonyl (C=O) groups excluding carboxylic acids is 1. The molecule has 0 spiro atoms. The molecule has 1 aliphatic rings. The van der Waals surface area contributed by atoms with E-state index in [-0.39, 0.29) is 23.3 Å². The van der Waals surface area contributed by atoms with E-state index in [1.807, 2.05) is 24.3 Å². The lowest BCUT2D eigenvalue weighted by atomic mass is 9.74. The summed E-state index contributed by atoms with van der Waals surface area (Å²) in [5.41, 5.74) is 1.99. The normalized spacial score (nSPS) is 15.9. The molecule has 0 bridgehead atoms. The predicted molar refractivity (Wildman–Crippen MR) is 103 cm³/mol. The Balaban J connectivity index is 1.65. The molecule has 142 valence electrons. The van der Waals surface area contributed by atoms with E-state index in [0.29, 0.717) is 24.8 Å². The third-order valence-corrected chi connectivity index (χ3v) is 5.35. The van der Waals surface area contributed by atoms with Gasteiger partial charge in [-0.3, -0.25) is 4.79 Å². The van der Waals surface area contributed by atoms with Crippen molar-refractivity contribution in [2.45, 2.75) is 24.7 Å². The molecule has 1 amide bonds. The number of amides is 1. The molecule has 3 rings (SSSR count). The van der Waals surface area contributed by atoms with Gasteiger partial charge in [0.25, 0.3) is 0 Å². The van der Waals surface area contributed by atoms with Crippen molar-refractivity contribution in [1.29, 1.82) is 0 Å². The fraction of sp³-hybridized carbons (Fsp3) is 0.333. The number of ether oxygens (including phenoxy) is 1. The molecule has 0 unspecified atom stereocenters. The van der Waals surface area contributed by atoms with Gasteiger partial charge in [0.05, 0.1) is 12.0 Å². The lowest BCUT2D eigenvalue weighted by Crippen LogP contribution is -2.45. The van der Waals surface area contributed by atoms with E-state index < -0.39 is 5.97 Å². The number of rotatable bonds is 6. The third kappa shape index (κ3) is 4.87. The smallest absolute Gasteiger partial charge is 0.335 e. The molecule has 0 aromatic heterocycles. The van der Waals surface area contributed by atoms with Crippen LogP contribution in [0.25, 0.3) is 0 Å². The molecule has 1 fully saturated rings. The van der Waals surface area contributed by atoms with Crippen molar-refractivity contribution < 1.29 is 19.4 Å². The third-order valence-electron chi connectivity index (χ3n) is 5.10. The minimum atomic E-state index is -0.976. The number of aromatic carboxylic acids is 1.